The molecule has 1 saturated heterocycles. The van der Waals surface area contributed by atoms with E-state index in [1.807, 2.05) is 0 Å². The first-order valence-electron chi connectivity index (χ1n) is 8.28. The van der Waals surface area contributed by atoms with Gasteiger partial charge in [0.25, 0.3) is 0 Å². The van der Waals surface area contributed by atoms with Crippen LogP contribution in [-0.4, -0.2) is 60.5 Å². The number of carbonyl (C=O) groups excluding carboxylic acids is 1. The van der Waals surface area contributed by atoms with Crippen LogP contribution in [0.1, 0.15) is 19.3 Å². The number of nitrogens with zero attached hydrogens (tertiary/aromatic N) is 1. The van der Waals surface area contributed by atoms with Crippen LogP contribution in [0.3, 0.4) is 0 Å². The molecule has 1 amide bonds. The van der Waals surface area contributed by atoms with Crippen molar-refractivity contribution in [2.45, 2.75) is 36.4 Å². The summed E-state index contributed by atoms with van der Waals surface area (Å²) in [6.45, 7) is 1.08. The van der Waals surface area contributed by atoms with E-state index in [0.717, 1.165) is 0 Å². The number of benzene rings is 1. The lowest BCUT2D eigenvalue weighted by Gasteiger charge is -2.31. The van der Waals surface area contributed by atoms with E-state index in [0.29, 0.717) is 25.9 Å². The number of carbonyl (C=O) groups is 1. The minimum Gasteiger partial charge on any atom is -0.390 e. The van der Waals surface area contributed by atoms with Crippen molar-refractivity contribution in [2.24, 2.45) is 11.8 Å². The molecule has 2 fully saturated rings. The van der Waals surface area contributed by atoms with Gasteiger partial charge in [-0.1, -0.05) is 18.2 Å². The average Bonchev–Trinajstić information content (AvgIpc) is 2.97. The SMILES string of the molecule is O=C(CCS(=O)(=O)c1ccccc1)N1C[C@H]2C[C@H](O)[C@@H](O)C[C@H]2C1. The fourth-order valence-electron chi connectivity index (χ4n) is 3.74. The molecule has 1 heterocycles. The summed E-state index contributed by atoms with van der Waals surface area (Å²) in [6, 6.07) is 8.14. The molecule has 3 rings (SSSR count). The minimum absolute atomic E-state index is 0.0399. The fraction of sp³-hybridized carbons (Fsp3) is 0.588. The molecule has 0 aromatic heterocycles. The molecule has 0 radical (unpaired) electrons. The first-order valence-corrected chi connectivity index (χ1v) is 9.94. The molecule has 132 valence electrons. The topological polar surface area (TPSA) is 94.9 Å². The third-order valence-corrected chi connectivity index (χ3v) is 6.88. The van der Waals surface area contributed by atoms with Crippen LogP contribution in [-0.2, 0) is 14.6 Å². The molecule has 2 N–H and O–H groups in total. The molecule has 1 aliphatic carbocycles. The van der Waals surface area contributed by atoms with Gasteiger partial charge in [0, 0.05) is 19.5 Å². The average molecular weight is 353 g/mol. The Hall–Kier alpha value is -1.44. The number of aliphatic hydroxyl groups excluding tert-OH is 2. The van der Waals surface area contributed by atoms with Crippen molar-refractivity contribution in [3.8, 4) is 0 Å². The van der Waals surface area contributed by atoms with Crippen LogP contribution in [0, 0.1) is 11.8 Å². The maximum Gasteiger partial charge on any atom is 0.223 e. The number of fused-ring (bicyclic) bond motifs is 1. The van der Waals surface area contributed by atoms with Gasteiger partial charge in [0.15, 0.2) is 9.84 Å². The van der Waals surface area contributed by atoms with Gasteiger partial charge in [0.05, 0.1) is 22.9 Å². The molecule has 1 aromatic carbocycles. The Labute approximate surface area is 142 Å². The second-order valence-electron chi connectivity index (χ2n) is 6.81. The Balaban J connectivity index is 1.57. The normalized spacial score (nSPS) is 30.2. The summed E-state index contributed by atoms with van der Waals surface area (Å²) in [6.07, 6.45) is -0.489. The number of likely N-dealkylation sites (tertiary alicyclic amines) is 1. The molecular formula is C17H23NO5S. The Morgan fingerprint density at radius 2 is 1.58 bits per heavy atom. The Morgan fingerprint density at radius 1 is 1.04 bits per heavy atom. The first kappa shape index (κ1) is 17.4. The van der Waals surface area contributed by atoms with Crippen LogP contribution in [0.25, 0.3) is 0 Å². The summed E-state index contributed by atoms with van der Waals surface area (Å²) in [5.41, 5.74) is 0. The summed E-state index contributed by atoms with van der Waals surface area (Å²) in [5, 5.41) is 19.5. The summed E-state index contributed by atoms with van der Waals surface area (Å²) < 4.78 is 24.5. The maximum atomic E-state index is 12.4. The molecule has 1 aromatic rings. The molecule has 1 saturated carbocycles. The van der Waals surface area contributed by atoms with Gasteiger partial charge in [-0.3, -0.25) is 4.79 Å². The van der Waals surface area contributed by atoms with Crippen molar-refractivity contribution in [1.82, 2.24) is 4.90 Å². The molecule has 2 aliphatic rings. The third kappa shape index (κ3) is 3.63. The highest BCUT2D eigenvalue weighted by atomic mass is 32.2. The van der Waals surface area contributed by atoms with Crippen LogP contribution in [0.4, 0.5) is 0 Å². The second-order valence-corrected chi connectivity index (χ2v) is 8.92. The lowest BCUT2D eigenvalue weighted by Crippen LogP contribution is -2.38. The largest absolute Gasteiger partial charge is 0.390 e. The van der Waals surface area contributed by atoms with Gasteiger partial charge in [0.1, 0.15) is 0 Å². The fourth-order valence-corrected chi connectivity index (χ4v) is 4.99. The zero-order valence-corrected chi connectivity index (χ0v) is 14.2. The molecule has 4 atom stereocenters. The highest BCUT2D eigenvalue weighted by Gasteiger charge is 2.42. The van der Waals surface area contributed by atoms with Crippen molar-refractivity contribution in [3.63, 3.8) is 0 Å². The molecule has 0 unspecified atom stereocenters. The van der Waals surface area contributed by atoms with Crippen LogP contribution in [0.2, 0.25) is 0 Å². The van der Waals surface area contributed by atoms with Crippen LogP contribution in [0.15, 0.2) is 35.2 Å². The minimum atomic E-state index is -3.46. The second kappa shape index (κ2) is 6.82. The summed E-state index contributed by atoms with van der Waals surface area (Å²) in [5.74, 6) is 0.0106. The monoisotopic (exact) mass is 353 g/mol. The maximum absolute atomic E-state index is 12.4. The van der Waals surface area contributed by atoms with E-state index in [9.17, 15) is 23.4 Å². The predicted molar refractivity (Wildman–Crippen MR) is 87.9 cm³/mol. The van der Waals surface area contributed by atoms with E-state index in [1.54, 1.807) is 23.1 Å². The number of aliphatic hydroxyl groups is 2. The molecular weight excluding hydrogens is 330 g/mol. The molecule has 0 spiro atoms. The van der Waals surface area contributed by atoms with Crippen molar-refractivity contribution < 1.29 is 23.4 Å². The predicted octanol–water partition coefficient (Wildman–Crippen LogP) is 0.441. The van der Waals surface area contributed by atoms with Crippen LogP contribution in [0.5, 0.6) is 0 Å². The molecule has 6 nitrogen and oxygen atoms in total. The van der Waals surface area contributed by atoms with E-state index in [1.165, 1.54) is 12.1 Å². The van der Waals surface area contributed by atoms with Gasteiger partial charge in [-0.15, -0.1) is 0 Å². The van der Waals surface area contributed by atoms with Gasteiger partial charge in [-0.05, 0) is 36.8 Å². The van der Waals surface area contributed by atoms with Gasteiger partial charge >= 0.3 is 0 Å². The van der Waals surface area contributed by atoms with Crippen LogP contribution < -0.4 is 0 Å². The number of hydrogen-bond acceptors (Lipinski definition) is 5. The van der Waals surface area contributed by atoms with E-state index < -0.39 is 22.0 Å². The summed E-state index contributed by atoms with van der Waals surface area (Å²) in [7, 11) is -3.46. The van der Waals surface area contributed by atoms with Gasteiger partial charge in [0.2, 0.25) is 5.91 Å². The van der Waals surface area contributed by atoms with Crippen molar-refractivity contribution in [3.05, 3.63) is 30.3 Å². The zero-order chi connectivity index (χ0) is 17.3. The van der Waals surface area contributed by atoms with Crippen LogP contribution >= 0.6 is 0 Å². The number of hydrogen-bond donors (Lipinski definition) is 2. The smallest absolute Gasteiger partial charge is 0.223 e. The summed E-state index contributed by atoms with van der Waals surface area (Å²) in [4.78, 5) is 14.3. The zero-order valence-electron chi connectivity index (χ0n) is 13.4. The van der Waals surface area contributed by atoms with E-state index in [2.05, 4.69) is 0 Å². The van der Waals surface area contributed by atoms with E-state index in [-0.39, 0.29) is 34.8 Å². The molecule has 1 aliphatic heterocycles. The molecule has 0 bridgehead atoms. The van der Waals surface area contributed by atoms with E-state index in [4.69, 9.17) is 0 Å². The van der Waals surface area contributed by atoms with Crippen molar-refractivity contribution in [1.29, 1.82) is 0 Å². The Kier molecular flexibility index (Phi) is 4.94. The number of amides is 1. The first-order chi connectivity index (χ1) is 11.4. The summed E-state index contributed by atoms with van der Waals surface area (Å²) >= 11 is 0. The number of sulfone groups is 1. The Morgan fingerprint density at radius 3 is 2.12 bits per heavy atom. The lowest BCUT2D eigenvalue weighted by atomic mass is 9.79. The standard InChI is InChI=1S/C17H23NO5S/c19-15-8-12-10-18(11-13(12)9-16(15)20)17(21)6-7-24(22,23)14-4-2-1-3-5-14/h1-5,12-13,15-16,19-20H,6-11H2/t12-,13+,15-,16-/m0/s1. The van der Waals surface area contributed by atoms with Gasteiger partial charge < -0.3 is 15.1 Å². The van der Waals surface area contributed by atoms with Crippen molar-refractivity contribution >= 4 is 15.7 Å². The highest BCUT2D eigenvalue weighted by Crippen LogP contribution is 2.36. The highest BCUT2D eigenvalue weighted by molar-refractivity contribution is 7.91. The Bertz CT molecular complexity index is 672. The quantitative estimate of drug-likeness (QED) is 0.819. The number of rotatable bonds is 4. The lowest BCUT2D eigenvalue weighted by molar-refractivity contribution is -0.130. The van der Waals surface area contributed by atoms with E-state index >= 15 is 0 Å². The third-order valence-electron chi connectivity index (χ3n) is 5.15. The van der Waals surface area contributed by atoms with Crippen molar-refractivity contribution in [2.75, 3.05) is 18.8 Å². The molecule has 7 heteroatoms. The molecule has 24 heavy (non-hydrogen) atoms. The van der Waals surface area contributed by atoms with Gasteiger partial charge in [-0.2, -0.15) is 0 Å². The van der Waals surface area contributed by atoms with Gasteiger partial charge in [-0.25, -0.2) is 8.42 Å².